The van der Waals surface area contributed by atoms with Gasteiger partial charge in [-0.3, -0.25) is 19.8 Å². The lowest BCUT2D eigenvalue weighted by atomic mass is 10.2. The number of ether oxygens (including phenoxy) is 1. The SMILES string of the molecule is CCN(Cc1cnc(CN2CCN(c3ncccc3C(=O)OC(C)C)CC2)cn1)Cc1c(F)cccc1Cl. The van der Waals surface area contributed by atoms with Gasteiger partial charge in [-0.2, -0.15) is 0 Å². The van der Waals surface area contributed by atoms with Crippen molar-refractivity contribution < 1.29 is 13.9 Å². The first kappa shape index (κ1) is 27.9. The Labute approximate surface area is 228 Å². The van der Waals surface area contributed by atoms with Crippen LogP contribution in [0, 0.1) is 5.82 Å². The normalized spacial score (nSPS) is 14.3. The van der Waals surface area contributed by atoms with Gasteiger partial charge in [-0.05, 0) is 44.7 Å². The Kier molecular flexibility index (Phi) is 9.60. The molecule has 1 aliphatic heterocycles. The van der Waals surface area contributed by atoms with Crippen LogP contribution in [0.3, 0.4) is 0 Å². The highest BCUT2D eigenvalue weighted by atomic mass is 35.5. The number of benzene rings is 1. The molecule has 3 heterocycles. The van der Waals surface area contributed by atoms with E-state index in [-0.39, 0.29) is 17.9 Å². The summed E-state index contributed by atoms with van der Waals surface area (Å²) in [5.74, 6) is 0.0193. The molecule has 0 unspecified atom stereocenters. The molecule has 0 spiro atoms. The molecule has 1 aliphatic rings. The number of halogens is 2. The van der Waals surface area contributed by atoms with Crippen LogP contribution in [0.2, 0.25) is 5.02 Å². The molecule has 0 bridgehead atoms. The molecule has 38 heavy (non-hydrogen) atoms. The van der Waals surface area contributed by atoms with E-state index < -0.39 is 0 Å². The first-order chi connectivity index (χ1) is 18.3. The van der Waals surface area contributed by atoms with Crippen molar-refractivity contribution in [3.8, 4) is 0 Å². The molecule has 1 aromatic carbocycles. The molecule has 3 aromatic rings. The van der Waals surface area contributed by atoms with E-state index in [0.717, 1.165) is 44.1 Å². The molecule has 0 radical (unpaired) electrons. The summed E-state index contributed by atoms with van der Waals surface area (Å²) in [4.78, 5) is 32.7. The van der Waals surface area contributed by atoms with Gasteiger partial charge in [0.1, 0.15) is 17.2 Å². The van der Waals surface area contributed by atoms with Crippen LogP contribution >= 0.6 is 11.6 Å². The molecule has 1 fully saturated rings. The number of esters is 1. The standard InChI is InChI=1S/C28H34ClFN6O2/c1-4-34(19-24-25(29)8-5-9-26(24)30)17-21-15-33-22(16-32-21)18-35-11-13-36(14-12-35)27-23(7-6-10-31-27)28(37)38-20(2)3/h5-10,15-16,20H,4,11-14,17-19H2,1-3H3. The Morgan fingerprint density at radius 3 is 2.45 bits per heavy atom. The molecule has 0 amide bonds. The molecule has 8 nitrogen and oxygen atoms in total. The fourth-order valence-corrected chi connectivity index (χ4v) is 4.62. The maximum atomic E-state index is 14.2. The summed E-state index contributed by atoms with van der Waals surface area (Å²) in [6.45, 7) is 11.2. The Morgan fingerprint density at radius 2 is 1.79 bits per heavy atom. The van der Waals surface area contributed by atoms with E-state index in [1.807, 2.05) is 27.0 Å². The number of hydrogen-bond donors (Lipinski definition) is 0. The second kappa shape index (κ2) is 13.1. The smallest absolute Gasteiger partial charge is 0.342 e. The topological polar surface area (TPSA) is 74.7 Å². The third-order valence-electron chi connectivity index (χ3n) is 6.44. The molecule has 0 N–H and O–H groups in total. The van der Waals surface area contributed by atoms with Crippen LogP contribution in [0.5, 0.6) is 0 Å². The van der Waals surface area contributed by atoms with Crippen LogP contribution in [0.25, 0.3) is 0 Å². The minimum atomic E-state index is -0.348. The van der Waals surface area contributed by atoms with Gasteiger partial charge in [-0.1, -0.05) is 24.6 Å². The van der Waals surface area contributed by atoms with Gasteiger partial charge in [-0.15, -0.1) is 0 Å². The van der Waals surface area contributed by atoms with E-state index in [9.17, 15) is 9.18 Å². The summed E-state index contributed by atoms with van der Waals surface area (Å²) in [6.07, 6.45) is 5.12. The predicted molar refractivity (Wildman–Crippen MR) is 146 cm³/mol. The zero-order valence-corrected chi connectivity index (χ0v) is 22.9. The van der Waals surface area contributed by atoms with Gasteiger partial charge in [0.25, 0.3) is 0 Å². The van der Waals surface area contributed by atoms with Crippen molar-refractivity contribution in [3.63, 3.8) is 0 Å². The summed E-state index contributed by atoms with van der Waals surface area (Å²) < 4.78 is 19.6. The van der Waals surface area contributed by atoms with Gasteiger partial charge in [0.05, 0.1) is 29.9 Å². The number of carbonyl (C=O) groups excluding carboxylic acids is 1. The molecule has 0 saturated carbocycles. The van der Waals surface area contributed by atoms with E-state index in [2.05, 4.69) is 29.7 Å². The van der Waals surface area contributed by atoms with Gasteiger partial charge in [0.2, 0.25) is 0 Å². The number of piperazine rings is 1. The molecule has 2 aromatic heterocycles. The third-order valence-corrected chi connectivity index (χ3v) is 6.80. The van der Waals surface area contributed by atoms with Gasteiger partial charge in [0, 0.05) is 62.6 Å². The number of aromatic nitrogens is 3. The van der Waals surface area contributed by atoms with Crippen molar-refractivity contribution in [2.24, 2.45) is 0 Å². The second-order valence-corrected chi connectivity index (χ2v) is 10.0. The minimum Gasteiger partial charge on any atom is -0.459 e. The van der Waals surface area contributed by atoms with E-state index in [1.54, 1.807) is 36.7 Å². The van der Waals surface area contributed by atoms with E-state index >= 15 is 0 Å². The maximum Gasteiger partial charge on any atom is 0.342 e. The maximum absolute atomic E-state index is 14.2. The average molecular weight is 541 g/mol. The van der Waals surface area contributed by atoms with E-state index in [4.69, 9.17) is 16.3 Å². The van der Waals surface area contributed by atoms with Crippen molar-refractivity contribution in [2.45, 2.75) is 46.5 Å². The zero-order chi connectivity index (χ0) is 27.1. The number of nitrogens with zero attached hydrogens (tertiary/aromatic N) is 6. The number of anilines is 1. The summed E-state index contributed by atoms with van der Waals surface area (Å²) >= 11 is 6.20. The fraction of sp³-hybridized carbons (Fsp3) is 0.429. The molecule has 0 atom stereocenters. The van der Waals surface area contributed by atoms with Crippen molar-refractivity contribution >= 4 is 23.4 Å². The Hall–Kier alpha value is -3.14. The lowest BCUT2D eigenvalue weighted by Crippen LogP contribution is -2.46. The molecule has 4 rings (SSSR count). The summed E-state index contributed by atoms with van der Waals surface area (Å²) in [6, 6.07) is 8.27. The van der Waals surface area contributed by atoms with Crippen molar-refractivity contribution in [1.29, 1.82) is 0 Å². The average Bonchev–Trinajstić information content (AvgIpc) is 2.91. The minimum absolute atomic E-state index is 0.185. The monoisotopic (exact) mass is 540 g/mol. The van der Waals surface area contributed by atoms with Crippen molar-refractivity contribution in [3.05, 3.63) is 82.3 Å². The highest BCUT2D eigenvalue weighted by molar-refractivity contribution is 6.31. The summed E-state index contributed by atoms with van der Waals surface area (Å²) in [7, 11) is 0. The Bertz CT molecular complexity index is 1200. The molecular formula is C28H34ClFN6O2. The number of hydrogen-bond acceptors (Lipinski definition) is 8. The lowest BCUT2D eigenvalue weighted by Gasteiger charge is -2.35. The van der Waals surface area contributed by atoms with E-state index in [0.29, 0.717) is 41.6 Å². The Balaban J connectivity index is 1.31. The molecule has 0 aliphatic carbocycles. The van der Waals surface area contributed by atoms with Crippen LogP contribution in [-0.4, -0.2) is 69.5 Å². The third kappa shape index (κ3) is 7.24. The fourth-order valence-electron chi connectivity index (χ4n) is 4.39. The highest BCUT2D eigenvalue weighted by Gasteiger charge is 2.24. The second-order valence-electron chi connectivity index (χ2n) is 9.59. The quantitative estimate of drug-likeness (QED) is 0.346. The number of pyridine rings is 1. The van der Waals surface area contributed by atoms with Crippen molar-refractivity contribution in [2.75, 3.05) is 37.6 Å². The first-order valence-corrected chi connectivity index (χ1v) is 13.3. The number of rotatable bonds is 10. The first-order valence-electron chi connectivity index (χ1n) is 12.9. The predicted octanol–water partition coefficient (Wildman–Crippen LogP) is 4.57. The Morgan fingerprint density at radius 1 is 1.05 bits per heavy atom. The zero-order valence-electron chi connectivity index (χ0n) is 22.1. The highest BCUT2D eigenvalue weighted by Crippen LogP contribution is 2.22. The van der Waals surface area contributed by atoms with Crippen molar-refractivity contribution in [1.82, 2.24) is 24.8 Å². The van der Waals surface area contributed by atoms with Crippen LogP contribution in [0.15, 0.2) is 48.9 Å². The van der Waals surface area contributed by atoms with Gasteiger partial charge < -0.3 is 9.64 Å². The largest absolute Gasteiger partial charge is 0.459 e. The van der Waals surface area contributed by atoms with Gasteiger partial charge in [0.15, 0.2) is 0 Å². The van der Waals surface area contributed by atoms with Crippen LogP contribution in [-0.2, 0) is 24.4 Å². The van der Waals surface area contributed by atoms with Gasteiger partial charge >= 0.3 is 5.97 Å². The molecule has 10 heteroatoms. The van der Waals surface area contributed by atoms with Crippen LogP contribution in [0.1, 0.15) is 48.1 Å². The molecule has 202 valence electrons. The molecule has 1 saturated heterocycles. The van der Waals surface area contributed by atoms with Gasteiger partial charge in [-0.25, -0.2) is 14.2 Å². The number of carbonyl (C=O) groups is 1. The summed E-state index contributed by atoms with van der Waals surface area (Å²) in [5, 5.41) is 0.430. The van der Waals surface area contributed by atoms with Crippen LogP contribution in [0.4, 0.5) is 10.2 Å². The summed E-state index contributed by atoms with van der Waals surface area (Å²) in [5.41, 5.74) is 2.70. The lowest BCUT2D eigenvalue weighted by molar-refractivity contribution is 0.0378. The molecular weight excluding hydrogens is 507 g/mol. The van der Waals surface area contributed by atoms with E-state index in [1.165, 1.54) is 6.07 Å². The van der Waals surface area contributed by atoms with Crippen LogP contribution < -0.4 is 4.90 Å².